The molecule has 4 rings (SSSR count). The Balaban J connectivity index is 1.89. The maximum absolute atomic E-state index is 5.72. The van der Waals surface area contributed by atoms with Crippen molar-refractivity contribution in [1.82, 2.24) is 10.3 Å². The third-order valence-electron chi connectivity index (χ3n) is 5.42. The van der Waals surface area contributed by atoms with Crippen LogP contribution in [0.5, 0.6) is 5.75 Å². The molecule has 130 valence electrons. The van der Waals surface area contributed by atoms with Crippen LogP contribution < -0.4 is 10.1 Å². The van der Waals surface area contributed by atoms with Crippen LogP contribution in [0.3, 0.4) is 0 Å². The van der Waals surface area contributed by atoms with Crippen LogP contribution in [0.1, 0.15) is 46.5 Å². The zero-order valence-corrected chi connectivity index (χ0v) is 15.5. The molecule has 25 heavy (non-hydrogen) atoms. The number of methoxy groups -OCH3 is 1. The lowest BCUT2D eigenvalue weighted by atomic mass is 9.92. The smallest absolute Gasteiger partial charge is 0.124 e. The van der Waals surface area contributed by atoms with E-state index in [4.69, 9.17) is 4.74 Å². The zero-order chi connectivity index (χ0) is 17.6. The summed E-state index contributed by atoms with van der Waals surface area (Å²) in [6.07, 6.45) is 2.08. The number of H-pyrrole nitrogens is 1. The minimum Gasteiger partial charge on any atom is -0.496 e. The zero-order valence-electron chi connectivity index (χ0n) is 15.5. The molecule has 0 amide bonds. The van der Waals surface area contributed by atoms with Crippen molar-refractivity contribution in [3.63, 3.8) is 0 Å². The summed E-state index contributed by atoms with van der Waals surface area (Å²) in [5.74, 6) is 0.969. The average molecular weight is 334 g/mol. The number of hydrogen-bond donors (Lipinski definition) is 2. The van der Waals surface area contributed by atoms with Crippen molar-refractivity contribution in [2.75, 3.05) is 13.7 Å². The molecule has 1 aliphatic heterocycles. The summed E-state index contributed by atoms with van der Waals surface area (Å²) in [5, 5.41) is 5.07. The number of rotatable bonds is 3. The molecule has 0 spiro atoms. The van der Waals surface area contributed by atoms with Gasteiger partial charge in [0.2, 0.25) is 0 Å². The van der Waals surface area contributed by atoms with Crippen molar-refractivity contribution in [1.29, 1.82) is 0 Å². The molecule has 3 heteroatoms. The highest BCUT2D eigenvalue weighted by Gasteiger charge is 2.27. The molecule has 3 nitrogen and oxygen atoms in total. The Labute approximate surface area is 149 Å². The Morgan fingerprint density at radius 1 is 1.16 bits per heavy atom. The second kappa shape index (κ2) is 6.23. The highest BCUT2D eigenvalue weighted by molar-refractivity contribution is 5.88. The normalized spacial score (nSPS) is 16.9. The first kappa shape index (κ1) is 16.2. The van der Waals surface area contributed by atoms with E-state index in [1.54, 1.807) is 7.11 Å². The molecule has 2 aromatic carbocycles. The maximum atomic E-state index is 5.72. The third kappa shape index (κ3) is 2.63. The first-order chi connectivity index (χ1) is 12.1. The summed E-state index contributed by atoms with van der Waals surface area (Å²) < 4.78 is 5.72. The summed E-state index contributed by atoms with van der Waals surface area (Å²) in [5.41, 5.74) is 9.17. The van der Waals surface area contributed by atoms with E-state index in [2.05, 4.69) is 61.4 Å². The number of nitrogens with one attached hydrogen (secondary N) is 2. The Morgan fingerprint density at radius 3 is 2.76 bits per heavy atom. The number of fused-ring (bicyclic) bond motifs is 3. The van der Waals surface area contributed by atoms with Gasteiger partial charge in [0.15, 0.2) is 0 Å². The number of aryl methyl sites for hydroxylation is 3. The minimum absolute atomic E-state index is 0.150. The topological polar surface area (TPSA) is 37.0 Å². The molecular formula is C22H26N2O. The summed E-state index contributed by atoms with van der Waals surface area (Å²) in [4.78, 5) is 3.72. The van der Waals surface area contributed by atoms with E-state index < -0.39 is 0 Å². The molecule has 2 heterocycles. The third-order valence-corrected chi connectivity index (χ3v) is 5.42. The molecule has 1 unspecified atom stereocenters. The van der Waals surface area contributed by atoms with Gasteiger partial charge in [-0.05, 0) is 55.5 Å². The summed E-state index contributed by atoms with van der Waals surface area (Å²) in [6, 6.07) is 11.3. The number of aromatic amines is 1. The number of aromatic nitrogens is 1. The molecule has 1 atom stereocenters. The first-order valence-corrected chi connectivity index (χ1v) is 9.14. The number of benzene rings is 2. The van der Waals surface area contributed by atoms with E-state index in [0.29, 0.717) is 0 Å². The second-order valence-electron chi connectivity index (χ2n) is 7.09. The lowest BCUT2D eigenvalue weighted by Gasteiger charge is -2.26. The van der Waals surface area contributed by atoms with Gasteiger partial charge in [0.1, 0.15) is 5.75 Å². The van der Waals surface area contributed by atoms with Crippen molar-refractivity contribution in [3.8, 4) is 5.75 Å². The number of ether oxygens (including phenoxy) is 1. The SMILES string of the molecule is CCc1ccc(C2NCCc3c2[nH]c2c(C)cc(C)cc32)c(OC)c1. The second-order valence-corrected chi connectivity index (χ2v) is 7.09. The minimum atomic E-state index is 0.150. The van der Waals surface area contributed by atoms with E-state index in [0.717, 1.165) is 25.1 Å². The predicted octanol–water partition coefficient (Wildman–Crippen LogP) is 4.59. The van der Waals surface area contributed by atoms with Crippen molar-refractivity contribution in [3.05, 3.63) is 63.8 Å². The van der Waals surface area contributed by atoms with Gasteiger partial charge in [-0.15, -0.1) is 0 Å². The van der Waals surface area contributed by atoms with Crippen LogP contribution >= 0.6 is 0 Å². The molecular weight excluding hydrogens is 308 g/mol. The molecule has 3 aromatic rings. The van der Waals surface area contributed by atoms with Crippen molar-refractivity contribution >= 4 is 10.9 Å². The molecule has 0 saturated heterocycles. The van der Waals surface area contributed by atoms with Crippen LogP contribution in [0.25, 0.3) is 10.9 Å². The van der Waals surface area contributed by atoms with Crippen LogP contribution in [0.4, 0.5) is 0 Å². The largest absolute Gasteiger partial charge is 0.496 e. The van der Waals surface area contributed by atoms with E-state index in [-0.39, 0.29) is 6.04 Å². The maximum Gasteiger partial charge on any atom is 0.124 e. The fraction of sp³-hybridized carbons (Fsp3) is 0.364. The van der Waals surface area contributed by atoms with Crippen molar-refractivity contribution < 1.29 is 4.74 Å². The van der Waals surface area contributed by atoms with Gasteiger partial charge in [-0.25, -0.2) is 0 Å². The fourth-order valence-corrected chi connectivity index (χ4v) is 4.17. The van der Waals surface area contributed by atoms with Gasteiger partial charge in [-0.3, -0.25) is 0 Å². The van der Waals surface area contributed by atoms with Gasteiger partial charge in [-0.1, -0.05) is 30.7 Å². The van der Waals surface area contributed by atoms with E-state index >= 15 is 0 Å². The Kier molecular flexibility index (Phi) is 4.04. The predicted molar refractivity (Wildman–Crippen MR) is 104 cm³/mol. The standard InChI is InChI=1S/C22H26N2O/c1-5-15-6-7-17(19(12-15)25-4)21-22-16(8-9-23-21)18-11-13(2)10-14(3)20(18)24-22/h6-7,10-12,21,23-24H,5,8-9H2,1-4H3. The van der Waals surface area contributed by atoms with Crippen molar-refractivity contribution in [2.24, 2.45) is 0 Å². The molecule has 0 bridgehead atoms. The van der Waals surface area contributed by atoms with Gasteiger partial charge in [-0.2, -0.15) is 0 Å². The molecule has 0 fully saturated rings. The fourth-order valence-electron chi connectivity index (χ4n) is 4.17. The number of hydrogen-bond acceptors (Lipinski definition) is 2. The van der Waals surface area contributed by atoms with Crippen molar-refractivity contribution in [2.45, 2.75) is 39.7 Å². The Hall–Kier alpha value is -2.26. The highest BCUT2D eigenvalue weighted by Crippen LogP contribution is 2.38. The van der Waals surface area contributed by atoms with Crippen LogP contribution in [0.2, 0.25) is 0 Å². The van der Waals surface area contributed by atoms with E-state index in [1.807, 2.05) is 0 Å². The summed E-state index contributed by atoms with van der Waals surface area (Å²) in [6.45, 7) is 7.53. The molecule has 1 aliphatic rings. The van der Waals surface area contributed by atoms with E-state index in [9.17, 15) is 0 Å². The van der Waals surface area contributed by atoms with Crippen LogP contribution in [-0.4, -0.2) is 18.6 Å². The molecule has 1 aromatic heterocycles. The average Bonchev–Trinajstić information content (AvgIpc) is 3.00. The van der Waals surface area contributed by atoms with Crippen LogP contribution in [0.15, 0.2) is 30.3 Å². The quantitative estimate of drug-likeness (QED) is 0.735. The lowest BCUT2D eigenvalue weighted by Crippen LogP contribution is -2.30. The molecule has 2 N–H and O–H groups in total. The lowest BCUT2D eigenvalue weighted by molar-refractivity contribution is 0.401. The van der Waals surface area contributed by atoms with Gasteiger partial charge in [0.25, 0.3) is 0 Å². The summed E-state index contributed by atoms with van der Waals surface area (Å²) >= 11 is 0. The van der Waals surface area contributed by atoms with Gasteiger partial charge in [0, 0.05) is 28.7 Å². The Morgan fingerprint density at radius 2 is 2.00 bits per heavy atom. The van der Waals surface area contributed by atoms with Crippen LogP contribution in [-0.2, 0) is 12.8 Å². The Bertz CT molecular complexity index is 939. The highest BCUT2D eigenvalue weighted by atomic mass is 16.5. The molecule has 0 saturated carbocycles. The van der Waals surface area contributed by atoms with Gasteiger partial charge < -0.3 is 15.0 Å². The molecule has 0 aliphatic carbocycles. The van der Waals surface area contributed by atoms with Crippen LogP contribution in [0, 0.1) is 13.8 Å². The van der Waals surface area contributed by atoms with E-state index in [1.165, 1.54) is 44.4 Å². The molecule has 0 radical (unpaired) electrons. The van der Waals surface area contributed by atoms with Gasteiger partial charge >= 0.3 is 0 Å². The first-order valence-electron chi connectivity index (χ1n) is 9.14. The monoisotopic (exact) mass is 334 g/mol. The summed E-state index contributed by atoms with van der Waals surface area (Å²) in [7, 11) is 1.76. The van der Waals surface area contributed by atoms with Gasteiger partial charge in [0.05, 0.1) is 13.2 Å².